The van der Waals surface area contributed by atoms with Gasteiger partial charge in [-0.05, 0) is 56.0 Å². The van der Waals surface area contributed by atoms with E-state index in [-0.39, 0.29) is 11.3 Å². The van der Waals surface area contributed by atoms with Crippen LogP contribution in [0, 0.1) is 17.3 Å². The van der Waals surface area contributed by atoms with Gasteiger partial charge in [-0.1, -0.05) is 30.3 Å². The molecule has 2 amide bonds. The first-order valence-electron chi connectivity index (χ1n) is 9.98. The van der Waals surface area contributed by atoms with Crippen LogP contribution in [0.3, 0.4) is 0 Å². The SMILES string of the molecule is CN1CC2(CC2)CC(C(=O)NO)C1C(=O)N1CCC(Cc2ccccc2)C1. The molecule has 1 aromatic carbocycles. The first-order valence-corrected chi connectivity index (χ1v) is 9.98. The van der Waals surface area contributed by atoms with Crippen LogP contribution >= 0.6 is 0 Å². The van der Waals surface area contributed by atoms with Gasteiger partial charge in [0.1, 0.15) is 6.04 Å². The van der Waals surface area contributed by atoms with Crippen LogP contribution in [0.15, 0.2) is 30.3 Å². The van der Waals surface area contributed by atoms with Crippen LogP contribution in [-0.2, 0) is 16.0 Å². The van der Waals surface area contributed by atoms with E-state index in [1.54, 1.807) is 5.48 Å². The van der Waals surface area contributed by atoms with Gasteiger partial charge in [-0.3, -0.25) is 19.7 Å². The number of hydrogen-bond donors (Lipinski definition) is 2. The number of hydrogen-bond acceptors (Lipinski definition) is 4. The van der Waals surface area contributed by atoms with Gasteiger partial charge >= 0.3 is 0 Å². The molecule has 1 aliphatic carbocycles. The van der Waals surface area contributed by atoms with Crippen LogP contribution < -0.4 is 5.48 Å². The molecular formula is C21H29N3O3. The summed E-state index contributed by atoms with van der Waals surface area (Å²) in [6.45, 7) is 2.36. The number of carbonyl (C=O) groups is 2. The highest BCUT2D eigenvalue weighted by Crippen LogP contribution is 2.54. The van der Waals surface area contributed by atoms with Crippen molar-refractivity contribution >= 4 is 11.8 Å². The van der Waals surface area contributed by atoms with E-state index in [4.69, 9.17) is 0 Å². The Labute approximate surface area is 160 Å². The van der Waals surface area contributed by atoms with Gasteiger partial charge in [0.05, 0.1) is 5.92 Å². The number of likely N-dealkylation sites (N-methyl/N-ethyl adjacent to an activating group) is 1. The van der Waals surface area contributed by atoms with Crippen molar-refractivity contribution in [1.82, 2.24) is 15.3 Å². The first-order chi connectivity index (χ1) is 13.0. The van der Waals surface area contributed by atoms with Crippen LogP contribution in [0.2, 0.25) is 0 Å². The van der Waals surface area contributed by atoms with Crippen molar-refractivity contribution in [2.45, 2.75) is 38.1 Å². The summed E-state index contributed by atoms with van der Waals surface area (Å²) >= 11 is 0. The van der Waals surface area contributed by atoms with Crippen molar-refractivity contribution in [3.63, 3.8) is 0 Å². The Morgan fingerprint density at radius 1 is 1.26 bits per heavy atom. The molecule has 0 aromatic heterocycles. The van der Waals surface area contributed by atoms with Gasteiger partial charge in [-0.15, -0.1) is 0 Å². The molecule has 2 saturated heterocycles. The summed E-state index contributed by atoms with van der Waals surface area (Å²) in [5.74, 6) is -0.398. The highest BCUT2D eigenvalue weighted by atomic mass is 16.5. The van der Waals surface area contributed by atoms with Gasteiger partial charge in [-0.25, -0.2) is 5.48 Å². The Morgan fingerprint density at radius 3 is 2.67 bits per heavy atom. The van der Waals surface area contributed by atoms with E-state index in [9.17, 15) is 14.8 Å². The largest absolute Gasteiger partial charge is 0.341 e. The molecule has 6 heteroatoms. The van der Waals surface area contributed by atoms with E-state index in [1.807, 2.05) is 22.9 Å². The molecule has 3 unspecified atom stereocenters. The van der Waals surface area contributed by atoms with Gasteiger partial charge in [0.15, 0.2) is 0 Å². The maximum atomic E-state index is 13.3. The fourth-order valence-corrected chi connectivity index (χ4v) is 5.13. The molecule has 3 fully saturated rings. The van der Waals surface area contributed by atoms with Crippen LogP contribution in [0.25, 0.3) is 0 Å². The minimum absolute atomic E-state index is 0.0390. The number of nitrogens with zero attached hydrogens (tertiary/aromatic N) is 2. The summed E-state index contributed by atoms with van der Waals surface area (Å²) in [6.07, 6.45) is 4.89. The highest BCUT2D eigenvalue weighted by molar-refractivity contribution is 5.90. The summed E-state index contributed by atoms with van der Waals surface area (Å²) < 4.78 is 0. The maximum Gasteiger partial charge on any atom is 0.248 e. The third kappa shape index (κ3) is 3.73. The molecule has 3 atom stereocenters. The van der Waals surface area contributed by atoms with Crippen LogP contribution in [-0.4, -0.2) is 59.5 Å². The van der Waals surface area contributed by atoms with Crippen molar-refractivity contribution in [2.24, 2.45) is 17.3 Å². The van der Waals surface area contributed by atoms with Crippen molar-refractivity contribution < 1.29 is 14.8 Å². The molecule has 27 heavy (non-hydrogen) atoms. The zero-order chi connectivity index (χ0) is 19.0. The van der Waals surface area contributed by atoms with Gasteiger partial charge in [0.2, 0.25) is 11.8 Å². The molecule has 2 aliphatic heterocycles. The van der Waals surface area contributed by atoms with Gasteiger partial charge in [-0.2, -0.15) is 0 Å². The number of piperidine rings is 1. The predicted octanol–water partition coefficient (Wildman–Crippen LogP) is 1.68. The lowest BCUT2D eigenvalue weighted by Crippen LogP contribution is -2.59. The molecule has 0 bridgehead atoms. The number of carbonyl (C=O) groups excluding carboxylic acids is 2. The predicted molar refractivity (Wildman–Crippen MR) is 101 cm³/mol. The topological polar surface area (TPSA) is 72.9 Å². The van der Waals surface area contributed by atoms with Crippen molar-refractivity contribution in [3.8, 4) is 0 Å². The minimum atomic E-state index is -0.475. The van der Waals surface area contributed by atoms with Crippen molar-refractivity contribution in [3.05, 3.63) is 35.9 Å². The molecule has 4 rings (SSSR count). The fraction of sp³-hybridized carbons (Fsp3) is 0.619. The fourth-order valence-electron chi connectivity index (χ4n) is 5.13. The second-order valence-electron chi connectivity index (χ2n) is 8.78. The monoisotopic (exact) mass is 371 g/mol. The normalized spacial score (nSPS) is 29.7. The number of benzene rings is 1. The van der Waals surface area contributed by atoms with E-state index in [0.717, 1.165) is 45.3 Å². The molecule has 1 spiro atoms. The highest BCUT2D eigenvalue weighted by Gasteiger charge is 2.55. The minimum Gasteiger partial charge on any atom is -0.341 e. The molecule has 6 nitrogen and oxygen atoms in total. The summed E-state index contributed by atoms with van der Waals surface area (Å²) in [7, 11) is 1.94. The standard InChI is InChI=1S/C21H29N3O3/c1-23-14-21(8-9-21)12-17(19(25)22-27)18(23)20(26)24-10-7-16(13-24)11-15-5-3-2-4-6-15/h2-6,16-18,27H,7-14H2,1H3,(H,22,25). The van der Waals surface area contributed by atoms with E-state index >= 15 is 0 Å². The summed E-state index contributed by atoms with van der Waals surface area (Å²) in [6, 6.07) is 9.92. The molecule has 3 aliphatic rings. The van der Waals surface area contributed by atoms with Crippen LogP contribution in [0.1, 0.15) is 31.2 Å². The maximum absolute atomic E-state index is 13.3. The zero-order valence-electron chi connectivity index (χ0n) is 15.9. The average molecular weight is 371 g/mol. The van der Waals surface area contributed by atoms with E-state index in [1.165, 1.54) is 5.56 Å². The average Bonchev–Trinajstić information content (AvgIpc) is 3.24. The molecule has 146 valence electrons. The number of likely N-dealkylation sites (tertiary alicyclic amines) is 2. The molecule has 1 aromatic rings. The number of hydroxylamine groups is 1. The zero-order valence-corrected chi connectivity index (χ0v) is 15.9. The lowest BCUT2D eigenvalue weighted by Gasteiger charge is -2.42. The van der Waals surface area contributed by atoms with E-state index in [2.05, 4.69) is 24.3 Å². The number of rotatable bonds is 4. The Bertz CT molecular complexity index is 704. The second-order valence-corrected chi connectivity index (χ2v) is 8.78. The van der Waals surface area contributed by atoms with Crippen LogP contribution in [0.4, 0.5) is 0 Å². The Kier molecular flexibility index (Phi) is 4.95. The van der Waals surface area contributed by atoms with E-state index < -0.39 is 17.9 Å². The summed E-state index contributed by atoms with van der Waals surface area (Å²) in [4.78, 5) is 29.6. The molecule has 2 N–H and O–H groups in total. The third-order valence-electron chi connectivity index (χ3n) is 6.72. The molecular weight excluding hydrogens is 342 g/mol. The smallest absolute Gasteiger partial charge is 0.248 e. The first kappa shape index (κ1) is 18.4. The summed E-state index contributed by atoms with van der Waals surface area (Å²) in [5, 5.41) is 9.19. The molecule has 1 saturated carbocycles. The van der Waals surface area contributed by atoms with Crippen molar-refractivity contribution in [1.29, 1.82) is 0 Å². The Balaban J connectivity index is 1.43. The lowest BCUT2D eigenvalue weighted by atomic mass is 9.80. The third-order valence-corrected chi connectivity index (χ3v) is 6.72. The van der Waals surface area contributed by atoms with Gasteiger partial charge in [0, 0.05) is 19.6 Å². The van der Waals surface area contributed by atoms with Crippen molar-refractivity contribution in [2.75, 3.05) is 26.7 Å². The van der Waals surface area contributed by atoms with Crippen LogP contribution in [0.5, 0.6) is 0 Å². The lowest BCUT2D eigenvalue weighted by molar-refractivity contribution is -0.150. The summed E-state index contributed by atoms with van der Waals surface area (Å²) in [5.41, 5.74) is 3.28. The Hall–Kier alpha value is -1.92. The molecule has 2 heterocycles. The number of nitrogens with one attached hydrogen (secondary N) is 1. The molecule has 0 radical (unpaired) electrons. The van der Waals surface area contributed by atoms with Gasteiger partial charge < -0.3 is 4.90 Å². The Morgan fingerprint density at radius 2 is 2.00 bits per heavy atom. The second kappa shape index (κ2) is 7.24. The quantitative estimate of drug-likeness (QED) is 0.624. The number of amides is 2. The van der Waals surface area contributed by atoms with E-state index in [0.29, 0.717) is 12.3 Å². The van der Waals surface area contributed by atoms with Gasteiger partial charge in [0.25, 0.3) is 0 Å².